The van der Waals surface area contributed by atoms with Crippen LogP contribution in [0.1, 0.15) is 17.2 Å². The van der Waals surface area contributed by atoms with Crippen molar-refractivity contribution in [3.8, 4) is 5.40 Å². The fraction of sp³-hybridized carbons (Fsp3) is 0.188. The number of nitrogens with zero attached hydrogens (tertiary/aromatic N) is 4. The number of thiocyanates is 1. The number of ether oxygens (including phenoxy) is 1. The molecule has 0 spiro atoms. The minimum atomic E-state index is -1.11. The van der Waals surface area contributed by atoms with Gasteiger partial charge in [0.1, 0.15) is 35.1 Å². The largest absolute Gasteiger partial charge is 0.354 e. The molecule has 10 heteroatoms. The van der Waals surface area contributed by atoms with Gasteiger partial charge < -0.3 is 4.74 Å². The number of rotatable bonds is 5. The Balaban J connectivity index is 1.77. The second-order valence-electron chi connectivity index (χ2n) is 5.55. The van der Waals surface area contributed by atoms with Crippen molar-refractivity contribution in [2.75, 3.05) is 0 Å². The van der Waals surface area contributed by atoms with Gasteiger partial charge in [-0.1, -0.05) is 17.7 Å². The van der Waals surface area contributed by atoms with Crippen LogP contribution in [0.15, 0.2) is 41.1 Å². The summed E-state index contributed by atoms with van der Waals surface area (Å²) >= 11 is 8.41. The Morgan fingerprint density at radius 1 is 1.42 bits per heavy atom. The molecular weight excluding hydrogens is 402 g/mol. The molecule has 4 rings (SSSR count). The predicted molar refractivity (Wildman–Crippen MR) is 92.7 cm³/mol. The van der Waals surface area contributed by atoms with Crippen LogP contribution in [-0.4, -0.2) is 14.8 Å². The smallest absolute Gasteiger partial charge is 0.200 e. The number of nitriles is 1. The number of thiophene rings is 1. The normalized spacial score (nSPS) is 21.5. The molecule has 1 aromatic carbocycles. The monoisotopic (exact) mass is 410 g/mol. The van der Waals surface area contributed by atoms with Crippen LogP contribution in [0.4, 0.5) is 8.78 Å². The number of thioether (sulfide) groups is 1. The number of epoxide rings is 1. The zero-order valence-electron chi connectivity index (χ0n) is 12.9. The van der Waals surface area contributed by atoms with Crippen molar-refractivity contribution >= 4 is 34.7 Å². The summed E-state index contributed by atoms with van der Waals surface area (Å²) in [6.07, 6.45) is 0.800. The Kier molecular flexibility index (Phi) is 4.44. The molecule has 3 aromatic rings. The van der Waals surface area contributed by atoms with Crippen LogP contribution >= 0.6 is 34.7 Å². The van der Waals surface area contributed by atoms with Crippen molar-refractivity contribution in [2.24, 2.45) is 0 Å². The third kappa shape index (κ3) is 2.89. The van der Waals surface area contributed by atoms with Crippen molar-refractivity contribution in [1.82, 2.24) is 14.8 Å². The van der Waals surface area contributed by atoms with Crippen LogP contribution in [-0.2, 0) is 16.9 Å². The van der Waals surface area contributed by atoms with E-state index in [1.54, 1.807) is 0 Å². The van der Waals surface area contributed by atoms with Gasteiger partial charge >= 0.3 is 0 Å². The first kappa shape index (κ1) is 17.4. The third-order valence-corrected chi connectivity index (χ3v) is 5.90. The summed E-state index contributed by atoms with van der Waals surface area (Å²) < 4.78 is 35.8. The van der Waals surface area contributed by atoms with Crippen molar-refractivity contribution in [3.63, 3.8) is 0 Å². The van der Waals surface area contributed by atoms with Gasteiger partial charge in [-0.3, -0.25) is 0 Å². The molecule has 26 heavy (non-hydrogen) atoms. The quantitative estimate of drug-likeness (QED) is 0.351. The van der Waals surface area contributed by atoms with Crippen molar-refractivity contribution in [3.05, 3.63) is 63.1 Å². The molecule has 2 atom stereocenters. The lowest BCUT2D eigenvalue weighted by Gasteiger charge is -2.15. The second-order valence-corrected chi connectivity index (χ2v) is 7.82. The molecule has 0 saturated carbocycles. The van der Waals surface area contributed by atoms with E-state index in [2.05, 4.69) is 10.1 Å². The molecule has 1 aliphatic rings. The molecule has 3 heterocycles. The van der Waals surface area contributed by atoms with E-state index >= 15 is 0 Å². The van der Waals surface area contributed by atoms with Crippen LogP contribution in [0.25, 0.3) is 0 Å². The van der Waals surface area contributed by atoms with E-state index in [1.165, 1.54) is 34.5 Å². The van der Waals surface area contributed by atoms with Crippen LogP contribution < -0.4 is 0 Å². The van der Waals surface area contributed by atoms with E-state index in [0.717, 1.165) is 23.4 Å². The van der Waals surface area contributed by atoms with Gasteiger partial charge in [-0.25, -0.2) is 18.4 Å². The first-order chi connectivity index (χ1) is 12.5. The molecule has 0 bridgehead atoms. The number of benzene rings is 1. The summed E-state index contributed by atoms with van der Waals surface area (Å²) in [5, 5.41) is 17.1. The molecule has 0 N–H and O–H groups in total. The molecule has 1 aliphatic heterocycles. The first-order valence-corrected chi connectivity index (χ1v) is 9.42. The zero-order chi connectivity index (χ0) is 18.3. The molecule has 1 saturated heterocycles. The van der Waals surface area contributed by atoms with Crippen molar-refractivity contribution in [1.29, 1.82) is 5.26 Å². The average molecular weight is 411 g/mol. The SMILES string of the molecule is N#CSc1ncnn1CC1(c2ccc(F)cc2F)OC1c1ccsc1Cl. The standard InChI is InChI=1S/C16H9ClF2N4OS2/c17-14-10(3-4-25-14)13-16(24-13,11-2-1-9(18)5-12(11)19)6-23-15(26-7-20)21-8-22-23/h1-5,8,13H,6H2. The fourth-order valence-electron chi connectivity index (χ4n) is 2.93. The van der Waals surface area contributed by atoms with Crippen LogP contribution in [0, 0.1) is 22.3 Å². The molecule has 132 valence electrons. The lowest BCUT2D eigenvalue weighted by Crippen LogP contribution is -2.22. The van der Waals surface area contributed by atoms with E-state index < -0.39 is 23.3 Å². The molecular formula is C16H9ClF2N4OS2. The van der Waals surface area contributed by atoms with Crippen molar-refractivity contribution in [2.45, 2.75) is 23.4 Å². The Morgan fingerprint density at radius 2 is 2.27 bits per heavy atom. The Bertz CT molecular complexity index is 1020. The van der Waals surface area contributed by atoms with Gasteiger partial charge in [0.25, 0.3) is 0 Å². The molecule has 1 fully saturated rings. The Labute approximate surface area is 160 Å². The third-order valence-electron chi connectivity index (χ3n) is 4.11. The topological polar surface area (TPSA) is 67.0 Å². The average Bonchev–Trinajstić information content (AvgIpc) is 2.89. The number of hydrogen-bond acceptors (Lipinski definition) is 6. The summed E-state index contributed by atoms with van der Waals surface area (Å²) in [5.74, 6) is -1.39. The van der Waals surface area contributed by atoms with Crippen molar-refractivity contribution < 1.29 is 13.5 Å². The van der Waals surface area contributed by atoms with Gasteiger partial charge in [0.05, 0.1) is 10.9 Å². The van der Waals surface area contributed by atoms with E-state index in [1.807, 2.05) is 16.8 Å². The first-order valence-electron chi connectivity index (χ1n) is 7.35. The van der Waals surface area contributed by atoms with Crippen LogP contribution in [0.3, 0.4) is 0 Å². The second kappa shape index (κ2) is 6.63. The molecule has 0 amide bonds. The lowest BCUT2D eigenvalue weighted by atomic mass is 9.92. The maximum Gasteiger partial charge on any atom is 0.200 e. The minimum Gasteiger partial charge on any atom is -0.354 e. The fourth-order valence-corrected chi connectivity index (χ4v) is 4.29. The summed E-state index contributed by atoms with van der Waals surface area (Å²) in [5.41, 5.74) is -0.175. The number of halogens is 3. The number of aromatic nitrogens is 3. The molecule has 2 unspecified atom stereocenters. The Hall–Kier alpha value is -1.99. The van der Waals surface area contributed by atoms with Gasteiger partial charge in [-0.2, -0.15) is 10.4 Å². The summed E-state index contributed by atoms with van der Waals surface area (Å²) in [7, 11) is 0. The zero-order valence-corrected chi connectivity index (χ0v) is 15.3. The highest BCUT2D eigenvalue weighted by Gasteiger charge is 2.61. The van der Waals surface area contributed by atoms with Gasteiger partial charge in [0.2, 0.25) is 5.16 Å². The molecule has 0 radical (unpaired) electrons. The summed E-state index contributed by atoms with van der Waals surface area (Å²) in [6.45, 7) is 0.108. The maximum atomic E-state index is 14.5. The summed E-state index contributed by atoms with van der Waals surface area (Å²) in [6, 6.07) is 5.17. The maximum absolute atomic E-state index is 14.5. The van der Waals surface area contributed by atoms with Crippen LogP contribution in [0.2, 0.25) is 4.34 Å². The molecule has 0 aliphatic carbocycles. The number of hydrogen-bond donors (Lipinski definition) is 0. The van der Waals surface area contributed by atoms with Crippen LogP contribution in [0.5, 0.6) is 0 Å². The van der Waals surface area contributed by atoms with Gasteiger partial charge in [0, 0.05) is 29.0 Å². The van der Waals surface area contributed by atoms with Gasteiger partial charge in [-0.15, -0.1) is 11.3 Å². The Morgan fingerprint density at radius 3 is 2.96 bits per heavy atom. The van der Waals surface area contributed by atoms with E-state index in [9.17, 15) is 8.78 Å². The highest BCUT2D eigenvalue weighted by molar-refractivity contribution is 8.03. The van der Waals surface area contributed by atoms with Gasteiger partial charge in [-0.05, 0) is 17.5 Å². The predicted octanol–water partition coefficient (Wildman–Crippen LogP) is 4.51. The molecule has 5 nitrogen and oxygen atoms in total. The van der Waals surface area contributed by atoms with E-state index in [-0.39, 0.29) is 12.1 Å². The molecule has 2 aromatic heterocycles. The van der Waals surface area contributed by atoms with E-state index in [4.69, 9.17) is 21.6 Å². The highest BCUT2D eigenvalue weighted by atomic mass is 35.5. The summed E-state index contributed by atoms with van der Waals surface area (Å²) in [4.78, 5) is 4.01. The van der Waals surface area contributed by atoms with Gasteiger partial charge in [0.15, 0.2) is 0 Å². The highest BCUT2D eigenvalue weighted by Crippen LogP contribution is 2.60. The van der Waals surface area contributed by atoms with E-state index in [0.29, 0.717) is 9.49 Å². The lowest BCUT2D eigenvalue weighted by molar-refractivity contribution is 0.250. The minimum absolute atomic E-state index is 0.108.